The first kappa shape index (κ1) is 26.8. The number of aromatic nitrogens is 1. The van der Waals surface area contributed by atoms with Crippen LogP contribution in [-0.2, 0) is 17.5 Å². The highest BCUT2D eigenvalue weighted by Gasteiger charge is 2.29. The van der Waals surface area contributed by atoms with Crippen LogP contribution in [-0.4, -0.2) is 23.3 Å². The van der Waals surface area contributed by atoms with Crippen LogP contribution in [0.4, 0.5) is 24.0 Å². The highest BCUT2D eigenvalue weighted by Crippen LogP contribution is 2.31. The van der Waals surface area contributed by atoms with Gasteiger partial charge in [-0.25, -0.2) is 4.98 Å². The van der Waals surface area contributed by atoms with Gasteiger partial charge in [0.15, 0.2) is 5.13 Å². The maximum Gasteiger partial charge on any atom is 0.416 e. The van der Waals surface area contributed by atoms with Gasteiger partial charge in [-0.05, 0) is 67.7 Å². The lowest BCUT2D eigenvalue weighted by Gasteiger charge is -2.08. The Morgan fingerprint density at radius 3 is 2.75 bits per heavy atom. The zero-order valence-electron chi connectivity index (χ0n) is 19.7. The van der Waals surface area contributed by atoms with Gasteiger partial charge in [-0.3, -0.25) is 14.8 Å². The summed E-state index contributed by atoms with van der Waals surface area (Å²) in [6.07, 6.45) is 10.7. The van der Waals surface area contributed by atoms with E-state index in [2.05, 4.69) is 32.2 Å². The van der Waals surface area contributed by atoms with Crippen LogP contribution in [0.5, 0.6) is 0 Å². The lowest BCUT2D eigenvalue weighted by molar-refractivity contribution is -0.137. The van der Waals surface area contributed by atoms with Crippen molar-refractivity contribution in [2.45, 2.75) is 38.9 Å². The molecule has 3 rings (SSSR count). The van der Waals surface area contributed by atoms with E-state index in [1.165, 1.54) is 29.7 Å². The fraction of sp³-hybridized carbons (Fsp3) is 0.231. The zero-order valence-corrected chi connectivity index (χ0v) is 20.5. The molecule has 2 N–H and O–H groups in total. The van der Waals surface area contributed by atoms with Crippen LogP contribution in [0.15, 0.2) is 88.3 Å². The average molecular weight is 514 g/mol. The molecule has 0 radical (unpaired) electrons. The van der Waals surface area contributed by atoms with Gasteiger partial charge in [-0.15, -0.1) is 0 Å². The summed E-state index contributed by atoms with van der Waals surface area (Å²) in [5, 5.41) is 6.28. The van der Waals surface area contributed by atoms with Crippen molar-refractivity contribution < 1.29 is 18.0 Å². The molecule has 1 aromatic carbocycles. The molecule has 1 aliphatic rings. The minimum absolute atomic E-state index is 0.208. The number of rotatable bonds is 8. The number of anilines is 2. The standard InChI is InChI=1S/C26H26F3N5OS/c1-3-31-23(14-18(2)19-8-6-4-5-7-13-30-15-19)24(35)32-16-22-17-33-25(36-22)34-21-11-9-20(10-12-21)26(27,28)29/h3,7-15,17H,2,4-6,16H2,1H3,(H,32,35)(H,33,34)/b13-7?,19-8+,23-14-,30-15-,31-3-. The first-order valence-corrected chi connectivity index (χ1v) is 12.0. The van der Waals surface area contributed by atoms with Gasteiger partial charge in [-0.1, -0.05) is 30.1 Å². The van der Waals surface area contributed by atoms with Crippen molar-refractivity contribution in [2.24, 2.45) is 9.98 Å². The second-order valence-electron chi connectivity index (χ2n) is 7.71. The molecule has 0 atom stereocenters. The molecule has 2 aromatic rings. The molecular weight excluding hydrogens is 487 g/mol. The van der Waals surface area contributed by atoms with Crippen LogP contribution in [0, 0.1) is 0 Å². The van der Waals surface area contributed by atoms with E-state index >= 15 is 0 Å². The predicted molar refractivity (Wildman–Crippen MR) is 140 cm³/mol. The van der Waals surface area contributed by atoms with E-state index < -0.39 is 11.7 Å². The lowest BCUT2D eigenvalue weighted by atomic mass is 10.1. The van der Waals surface area contributed by atoms with Crippen molar-refractivity contribution >= 4 is 40.5 Å². The molecule has 188 valence electrons. The molecule has 2 heterocycles. The largest absolute Gasteiger partial charge is 0.416 e. The van der Waals surface area contributed by atoms with Crippen molar-refractivity contribution in [1.29, 1.82) is 0 Å². The van der Waals surface area contributed by atoms with Crippen molar-refractivity contribution in [3.63, 3.8) is 0 Å². The molecule has 10 heteroatoms. The molecule has 0 aliphatic carbocycles. The smallest absolute Gasteiger partial charge is 0.346 e. The molecule has 36 heavy (non-hydrogen) atoms. The Kier molecular flexibility index (Phi) is 9.52. The highest BCUT2D eigenvalue weighted by atomic mass is 32.1. The second-order valence-corrected chi connectivity index (χ2v) is 8.83. The zero-order chi connectivity index (χ0) is 26.0. The van der Waals surface area contributed by atoms with E-state index in [1.54, 1.807) is 31.6 Å². The Bertz CT molecular complexity index is 1220. The molecule has 0 saturated heterocycles. The maximum atomic E-state index is 12.8. The normalized spacial score (nSPS) is 17.0. The molecule has 0 bridgehead atoms. The number of aliphatic imine (C=N–C) groups is 2. The summed E-state index contributed by atoms with van der Waals surface area (Å²) < 4.78 is 38.2. The Labute approximate surface area is 211 Å². The van der Waals surface area contributed by atoms with Gasteiger partial charge in [-0.2, -0.15) is 13.2 Å². The van der Waals surface area contributed by atoms with Crippen LogP contribution in [0.25, 0.3) is 0 Å². The van der Waals surface area contributed by atoms with Crippen LogP contribution in [0.3, 0.4) is 0 Å². The Hall–Kier alpha value is -3.79. The summed E-state index contributed by atoms with van der Waals surface area (Å²) in [5.41, 5.74) is 1.43. The Morgan fingerprint density at radius 2 is 2.03 bits per heavy atom. The number of halogens is 3. The van der Waals surface area contributed by atoms with Gasteiger partial charge >= 0.3 is 6.18 Å². The number of nitrogens with zero attached hydrogens (tertiary/aromatic N) is 3. The Morgan fingerprint density at radius 1 is 1.25 bits per heavy atom. The van der Waals surface area contributed by atoms with E-state index in [-0.39, 0.29) is 18.1 Å². The van der Waals surface area contributed by atoms with E-state index in [1.807, 2.05) is 12.2 Å². The van der Waals surface area contributed by atoms with Gasteiger partial charge in [0, 0.05) is 35.4 Å². The van der Waals surface area contributed by atoms with Gasteiger partial charge < -0.3 is 10.6 Å². The summed E-state index contributed by atoms with van der Waals surface area (Å²) in [5.74, 6) is -0.375. The number of nitrogens with one attached hydrogen (secondary N) is 2. The third-order valence-corrected chi connectivity index (χ3v) is 5.88. The summed E-state index contributed by atoms with van der Waals surface area (Å²) >= 11 is 1.28. The fourth-order valence-corrected chi connectivity index (χ4v) is 3.91. The quantitative estimate of drug-likeness (QED) is 0.233. The third-order valence-electron chi connectivity index (χ3n) is 4.97. The molecule has 1 amide bonds. The SMILES string of the molecule is C=C(/C=C(\N=C/C)C(=O)NCc1cnc(Nc2ccc(C(F)(F)F)cc2)s1)C1=C/CCCC=C/N=C\1. The van der Waals surface area contributed by atoms with Crippen molar-refractivity contribution in [3.8, 4) is 0 Å². The first-order chi connectivity index (χ1) is 17.3. The van der Waals surface area contributed by atoms with Crippen molar-refractivity contribution in [1.82, 2.24) is 10.3 Å². The minimum Gasteiger partial charge on any atom is -0.346 e. The summed E-state index contributed by atoms with van der Waals surface area (Å²) in [6.45, 7) is 6.01. The van der Waals surface area contributed by atoms with Crippen LogP contribution >= 0.6 is 11.3 Å². The topological polar surface area (TPSA) is 78.7 Å². The lowest BCUT2D eigenvalue weighted by Crippen LogP contribution is -2.23. The third kappa shape index (κ3) is 8.16. The number of amides is 1. The molecule has 0 fully saturated rings. The number of hydrogen-bond donors (Lipinski definition) is 2. The van der Waals surface area contributed by atoms with E-state index in [9.17, 15) is 18.0 Å². The van der Waals surface area contributed by atoms with Crippen molar-refractivity contribution in [2.75, 3.05) is 5.32 Å². The number of carbonyl (C=O) groups is 1. The number of hydrogen-bond acceptors (Lipinski definition) is 6. The second kappa shape index (κ2) is 12.8. The summed E-state index contributed by atoms with van der Waals surface area (Å²) in [6, 6.07) is 4.69. The average Bonchev–Trinajstić information content (AvgIpc) is 3.34. The Balaban J connectivity index is 1.61. The van der Waals surface area contributed by atoms with Gasteiger partial charge in [0.2, 0.25) is 0 Å². The van der Waals surface area contributed by atoms with Crippen LogP contribution in [0.1, 0.15) is 36.6 Å². The van der Waals surface area contributed by atoms with E-state index in [0.717, 1.165) is 41.8 Å². The minimum atomic E-state index is -4.39. The molecule has 0 saturated carbocycles. The van der Waals surface area contributed by atoms with Crippen molar-refractivity contribution in [3.05, 3.63) is 88.8 Å². The van der Waals surface area contributed by atoms with Crippen LogP contribution in [0.2, 0.25) is 0 Å². The summed E-state index contributed by atoms with van der Waals surface area (Å²) in [7, 11) is 0. The molecule has 1 aliphatic heterocycles. The molecule has 0 unspecified atom stereocenters. The predicted octanol–water partition coefficient (Wildman–Crippen LogP) is 6.75. The van der Waals surface area contributed by atoms with E-state index in [4.69, 9.17) is 0 Å². The number of benzene rings is 1. The molecule has 6 nitrogen and oxygen atoms in total. The number of alkyl halides is 3. The number of allylic oxidation sites excluding steroid dienone is 5. The summed E-state index contributed by atoms with van der Waals surface area (Å²) in [4.78, 5) is 26.2. The van der Waals surface area contributed by atoms with Gasteiger partial charge in [0.05, 0.1) is 12.1 Å². The monoisotopic (exact) mass is 513 g/mol. The van der Waals surface area contributed by atoms with Gasteiger partial charge in [0.25, 0.3) is 5.91 Å². The molecule has 1 aromatic heterocycles. The van der Waals surface area contributed by atoms with Gasteiger partial charge in [0.1, 0.15) is 5.70 Å². The first-order valence-electron chi connectivity index (χ1n) is 11.2. The van der Waals surface area contributed by atoms with Crippen LogP contribution < -0.4 is 10.6 Å². The molecule has 0 spiro atoms. The maximum absolute atomic E-state index is 12.8. The highest BCUT2D eigenvalue weighted by molar-refractivity contribution is 7.15. The number of carbonyl (C=O) groups excluding carboxylic acids is 1. The fourth-order valence-electron chi connectivity index (χ4n) is 3.14. The molecular formula is C26H26F3N5OS. The number of thiazole rings is 1. The van der Waals surface area contributed by atoms with E-state index in [0.29, 0.717) is 16.4 Å².